The molecule has 11 heteroatoms. The fourth-order valence-corrected chi connectivity index (χ4v) is 9.73. The quantitative estimate of drug-likeness (QED) is 0.207. The number of amides is 1. The first-order valence-corrected chi connectivity index (χ1v) is 17.6. The molecule has 1 N–H and O–H groups in total. The van der Waals surface area contributed by atoms with Gasteiger partial charge in [0.1, 0.15) is 10.0 Å². The molecule has 2 aliphatic heterocycles. The smallest absolute Gasteiger partial charge is 0.256 e. The highest BCUT2D eigenvalue weighted by atomic mass is 35.5. The molecular weight excluding hydrogens is 632 g/mol. The van der Waals surface area contributed by atoms with E-state index in [1.165, 1.54) is 20.3 Å². The second-order valence-electron chi connectivity index (χ2n) is 11.3. The summed E-state index contributed by atoms with van der Waals surface area (Å²) >= 11 is 3.27. The SMILES string of the molecule is CC(C)N1CCc2c(sc(NC(=O)c3ccc(S(=O)(=O)N4CCc5ccccc5C4)cc3)c2-c2nc3ccccc3s2)C1.Cl. The highest BCUT2D eigenvalue weighted by Crippen LogP contribution is 2.46. The summed E-state index contributed by atoms with van der Waals surface area (Å²) in [6.45, 7) is 7.03. The van der Waals surface area contributed by atoms with Crippen LogP contribution in [0.5, 0.6) is 0 Å². The van der Waals surface area contributed by atoms with Gasteiger partial charge in [0, 0.05) is 48.2 Å². The largest absolute Gasteiger partial charge is 0.313 e. The molecule has 0 fully saturated rings. The number of fused-ring (bicyclic) bond motifs is 3. The molecule has 0 atom stereocenters. The molecule has 2 aromatic heterocycles. The molecule has 0 saturated heterocycles. The van der Waals surface area contributed by atoms with Crippen LogP contribution in [0.25, 0.3) is 20.8 Å². The van der Waals surface area contributed by atoms with Crippen LogP contribution in [0.15, 0.2) is 77.7 Å². The third-order valence-electron chi connectivity index (χ3n) is 8.40. The number of carbonyl (C=O) groups excluding carboxylic acids is 1. The number of aromatic nitrogens is 1. The maximum atomic E-state index is 13.6. The highest BCUT2D eigenvalue weighted by molar-refractivity contribution is 7.89. The average molecular weight is 665 g/mol. The van der Waals surface area contributed by atoms with Crippen molar-refractivity contribution in [3.05, 3.63) is 99.9 Å². The van der Waals surface area contributed by atoms with Crippen LogP contribution in [0.3, 0.4) is 0 Å². The van der Waals surface area contributed by atoms with Gasteiger partial charge in [0.15, 0.2) is 0 Å². The number of rotatable bonds is 6. The highest BCUT2D eigenvalue weighted by Gasteiger charge is 2.30. The molecule has 3 aromatic carbocycles. The lowest BCUT2D eigenvalue weighted by Crippen LogP contribution is -2.35. The molecule has 0 bridgehead atoms. The van der Waals surface area contributed by atoms with Crippen molar-refractivity contribution in [2.24, 2.45) is 0 Å². The van der Waals surface area contributed by atoms with E-state index in [4.69, 9.17) is 4.98 Å². The Hall–Kier alpha value is -3.12. The van der Waals surface area contributed by atoms with Gasteiger partial charge < -0.3 is 5.32 Å². The number of halogens is 1. The van der Waals surface area contributed by atoms with E-state index in [2.05, 4.69) is 36.2 Å². The molecule has 0 saturated carbocycles. The van der Waals surface area contributed by atoms with E-state index >= 15 is 0 Å². The average Bonchev–Trinajstić information content (AvgIpc) is 3.61. The molecule has 2 aliphatic rings. The molecule has 5 aromatic rings. The number of para-hydroxylation sites is 1. The van der Waals surface area contributed by atoms with E-state index in [-0.39, 0.29) is 23.2 Å². The Balaban J connectivity index is 0.00000343. The van der Waals surface area contributed by atoms with E-state index in [0.29, 0.717) is 31.1 Å². The number of thiazole rings is 1. The van der Waals surface area contributed by atoms with Gasteiger partial charge in [0.25, 0.3) is 5.91 Å². The van der Waals surface area contributed by atoms with Crippen LogP contribution >= 0.6 is 35.1 Å². The van der Waals surface area contributed by atoms with Crippen LogP contribution in [0.1, 0.15) is 45.8 Å². The standard InChI is InChI=1S/C33H32N4O3S3.ClH/c1-21(2)36-17-16-26-29(20-36)42-33(30(26)32-34-27-9-5-6-10-28(27)41-32)35-31(38)23-11-13-25(14-12-23)43(39,40)37-18-15-22-7-3-4-8-24(22)19-37;/h3-14,21H,15-20H2,1-2H3,(H,35,38);1H. The predicted octanol–water partition coefficient (Wildman–Crippen LogP) is 7.21. The number of hydrogen-bond donors (Lipinski definition) is 1. The second-order valence-corrected chi connectivity index (χ2v) is 15.4. The van der Waals surface area contributed by atoms with Gasteiger partial charge in [0.05, 0.1) is 15.1 Å². The van der Waals surface area contributed by atoms with E-state index in [0.717, 1.165) is 50.9 Å². The van der Waals surface area contributed by atoms with Crippen molar-refractivity contribution in [2.45, 2.75) is 50.7 Å². The normalized spacial score (nSPS) is 15.5. The Bertz CT molecular complexity index is 1920. The number of sulfonamides is 1. The monoisotopic (exact) mass is 664 g/mol. The number of nitrogens with one attached hydrogen (secondary N) is 1. The van der Waals surface area contributed by atoms with Gasteiger partial charge in [-0.2, -0.15) is 4.31 Å². The molecule has 7 nitrogen and oxygen atoms in total. The lowest BCUT2D eigenvalue weighted by atomic mass is 10.0. The molecule has 228 valence electrons. The van der Waals surface area contributed by atoms with Gasteiger partial charge in [-0.15, -0.1) is 35.1 Å². The first kappa shape index (κ1) is 30.9. The van der Waals surface area contributed by atoms with E-state index in [1.807, 2.05) is 36.4 Å². The molecule has 0 unspecified atom stereocenters. The minimum absolute atomic E-state index is 0. The van der Waals surface area contributed by atoms with E-state index in [1.54, 1.807) is 46.9 Å². The molecule has 44 heavy (non-hydrogen) atoms. The Kier molecular flexibility index (Phi) is 8.67. The molecular formula is C33H33ClN4O3S3. The van der Waals surface area contributed by atoms with Crippen molar-refractivity contribution < 1.29 is 13.2 Å². The van der Waals surface area contributed by atoms with Crippen LogP contribution in [0, 0.1) is 0 Å². The fraction of sp³-hybridized carbons (Fsp3) is 0.273. The summed E-state index contributed by atoms with van der Waals surface area (Å²) in [6, 6.07) is 22.8. The van der Waals surface area contributed by atoms with Gasteiger partial charge in [-0.05, 0) is 79.8 Å². The minimum atomic E-state index is -3.68. The van der Waals surface area contributed by atoms with E-state index < -0.39 is 10.0 Å². The Morgan fingerprint density at radius 1 is 0.886 bits per heavy atom. The lowest BCUT2D eigenvalue weighted by molar-refractivity contribution is 0.102. The molecule has 0 radical (unpaired) electrons. The number of anilines is 1. The third kappa shape index (κ3) is 5.71. The molecule has 7 rings (SSSR count). The minimum Gasteiger partial charge on any atom is -0.313 e. The van der Waals surface area contributed by atoms with Gasteiger partial charge in [-0.25, -0.2) is 13.4 Å². The molecule has 4 heterocycles. The Morgan fingerprint density at radius 3 is 2.36 bits per heavy atom. The Labute approximate surface area is 272 Å². The van der Waals surface area contributed by atoms with Crippen LogP contribution in [-0.2, 0) is 36.0 Å². The molecule has 0 aliphatic carbocycles. The van der Waals surface area contributed by atoms with Crippen molar-refractivity contribution in [3.8, 4) is 10.6 Å². The van der Waals surface area contributed by atoms with Crippen LogP contribution in [-0.4, -0.2) is 47.6 Å². The van der Waals surface area contributed by atoms with Gasteiger partial charge in [0.2, 0.25) is 10.0 Å². The van der Waals surface area contributed by atoms with Crippen LogP contribution < -0.4 is 5.32 Å². The topological polar surface area (TPSA) is 82.6 Å². The van der Waals surface area contributed by atoms with Crippen LogP contribution in [0.2, 0.25) is 0 Å². The summed E-state index contributed by atoms with van der Waals surface area (Å²) in [6.07, 6.45) is 1.59. The fourth-order valence-electron chi connectivity index (χ4n) is 5.94. The van der Waals surface area contributed by atoms with Crippen molar-refractivity contribution in [3.63, 3.8) is 0 Å². The first-order chi connectivity index (χ1) is 20.8. The number of hydrogen-bond acceptors (Lipinski definition) is 7. The lowest BCUT2D eigenvalue weighted by Gasteiger charge is -2.30. The van der Waals surface area contributed by atoms with Gasteiger partial charge in [-0.3, -0.25) is 9.69 Å². The zero-order valence-corrected chi connectivity index (χ0v) is 27.7. The summed E-state index contributed by atoms with van der Waals surface area (Å²) in [5.41, 5.74) is 5.87. The summed E-state index contributed by atoms with van der Waals surface area (Å²) in [5, 5.41) is 4.88. The van der Waals surface area contributed by atoms with Crippen molar-refractivity contribution in [1.82, 2.24) is 14.2 Å². The second kappa shape index (κ2) is 12.3. The molecule has 1 amide bonds. The molecule has 0 spiro atoms. The van der Waals surface area contributed by atoms with Gasteiger partial charge in [-0.1, -0.05) is 36.4 Å². The van der Waals surface area contributed by atoms with Gasteiger partial charge >= 0.3 is 0 Å². The number of nitrogens with zero attached hydrogens (tertiary/aromatic N) is 3. The Morgan fingerprint density at radius 2 is 1.61 bits per heavy atom. The summed E-state index contributed by atoms with van der Waals surface area (Å²) in [5.74, 6) is -0.266. The van der Waals surface area contributed by atoms with Crippen molar-refractivity contribution in [2.75, 3.05) is 18.4 Å². The summed E-state index contributed by atoms with van der Waals surface area (Å²) < 4.78 is 29.5. The van der Waals surface area contributed by atoms with Crippen molar-refractivity contribution in [1.29, 1.82) is 0 Å². The van der Waals surface area contributed by atoms with E-state index in [9.17, 15) is 13.2 Å². The number of carbonyl (C=O) groups is 1. The first-order valence-electron chi connectivity index (χ1n) is 14.5. The summed E-state index contributed by atoms with van der Waals surface area (Å²) in [4.78, 5) is 22.4. The zero-order chi connectivity index (χ0) is 29.7. The number of thiophene rings is 1. The predicted molar refractivity (Wildman–Crippen MR) is 182 cm³/mol. The zero-order valence-electron chi connectivity index (χ0n) is 24.4. The summed E-state index contributed by atoms with van der Waals surface area (Å²) in [7, 11) is -3.68. The maximum Gasteiger partial charge on any atom is 0.256 e. The van der Waals surface area contributed by atoms with Crippen molar-refractivity contribution >= 4 is 66.2 Å². The maximum absolute atomic E-state index is 13.6. The number of benzene rings is 3. The van der Waals surface area contributed by atoms with Crippen LogP contribution in [0.4, 0.5) is 5.00 Å². The third-order valence-corrected chi connectivity index (χ3v) is 12.4.